The molecule has 0 aliphatic carbocycles. The van der Waals surface area contributed by atoms with Crippen molar-refractivity contribution in [3.63, 3.8) is 0 Å². The van der Waals surface area contributed by atoms with Crippen LogP contribution in [0.3, 0.4) is 0 Å². The van der Waals surface area contributed by atoms with Crippen LogP contribution in [0.5, 0.6) is 5.75 Å². The van der Waals surface area contributed by atoms with Gasteiger partial charge >= 0.3 is 5.97 Å². The Morgan fingerprint density at radius 2 is 2.00 bits per heavy atom. The first-order chi connectivity index (χ1) is 12.0. The number of nitrogens with zero attached hydrogens (tertiary/aromatic N) is 2. The van der Waals surface area contributed by atoms with Gasteiger partial charge in [0.1, 0.15) is 11.4 Å². The number of hydrogen-bond acceptors (Lipinski definition) is 4. The SMILES string of the molecule is COc1ccc2c(c1)CCCCN2C(=O)c1ccc(C(=O)O)c(C)n1. The molecular weight excluding hydrogens is 320 g/mol. The molecule has 0 unspecified atom stereocenters. The molecule has 0 saturated carbocycles. The smallest absolute Gasteiger partial charge is 0.337 e. The molecule has 1 amide bonds. The highest BCUT2D eigenvalue weighted by Gasteiger charge is 2.24. The molecule has 0 bridgehead atoms. The number of methoxy groups -OCH3 is 1. The van der Waals surface area contributed by atoms with Crippen molar-refractivity contribution >= 4 is 17.6 Å². The number of carboxylic acid groups (broad SMARTS) is 1. The predicted octanol–water partition coefficient (Wildman–Crippen LogP) is 3.08. The van der Waals surface area contributed by atoms with Crippen LogP contribution in [0.15, 0.2) is 30.3 Å². The van der Waals surface area contributed by atoms with E-state index >= 15 is 0 Å². The van der Waals surface area contributed by atoms with Gasteiger partial charge in [0, 0.05) is 12.2 Å². The first-order valence-corrected chi connectivity index (χ1v) is 8.21. The second-order valence-corrected chi connectivity index (χ2v) is 6.04. The Hall–Kier alpha value is -2.89. The normalized spacial score (nSPS) is 13.8. The number of carbonyl (C=O) groups excluding carboxylic acids is 1. The minimum absolute atomic E-state index is 0.109. The first-order valence-electron chi connectivity index (χ1n) is 8.21. The zero-order valence-electron chi connectivity index (χ0n) is 14.3. The van der Waals surface area contributed by atoms with Crippen molar-refractivity contribution < 1.29 is 19.4 Å². The predicted molar refractivity (Wildman–Crippen MR) is 93.5 cm³/mol. The van der Waals surface area contributed by atoms with E-state index in [2.05, 4.69) is 4.98 Å². The second-order valence-electron chi connectivity index (χ2n) is 6.04. The number of carboxylic acids is 1. The van der Waals surface area contributed by atoms with Gasteiger partial charge in [-0.2, -0.15) is 0 Å². The van der Waals surface area contributed by atoms with Gasteiger partial charge in [0.15, 0.2) is 0 Å². The van der Waals surface area contributed by atoms with Gasteiger partial charge in [-0.25, -0.2) is 9.78 Å². The molecule has 6 nitrogen and oxygen atoms in total. The van der Waals surface area contributed by atoms with E-state index in [0.29, 0.717) is 12.2 Å². The summed E-state index contributed by atoms with van der Waals surface area (Å²) in [4.78, 5) is 30.1. The number of benzene rings is 1. The molecule has 0 spiro atoms. The van der Waals surface area contributed by atoms with Gasteiger partial charge in [0.2, 0.25) is 0 Å². The topological polar surface area (TPSA) is 79.7 Å². The number of aryl methyl sites for hydroxylation is 2. The van der Waals surface area contributed by atoms with E-state index in [4.69, 9.17) is 9.84 Å². The van der Waals surface area contributed by atoms with Crippen molar-refractivity contribution in [2.75, 3.05) is 18.6 Å². The lowest BCUT2D eigenvalue weighted by Crippen LogP contribution is -2.32. The molecule has 130 valence electrons. The summed E-state index contributed by atoms with van der Waals surface area (Å²) in [6.45, 7) is 2.21. The lowest BCUT2D eigenvalue weighted by molar-refractivity contribution is 0.0695. The number of aromatic nitrogens is 1. The van der Waals surface area contributed by atoms with Crippen LogP contribution in [0.25, 0.3) is 0 Å². The summed E-state index contributed by atoms with van der Waals surface area (Å²) >= 11 is 0. The standard InChI is InChI=1S/C19H20N2O4/c1-12-15(19(23)24)7-8-16(20-12)18(22)21-10-4-3-5-13-11-14(25-2)6-9-17(13)21/h6-9,11H,3-5,10H2,1-2H3,(H,23,24). The molecule has 25 heavy (non-hydrogen) atoms. The number of pyridine rings is 1. The molecule has 2 aromatic rings. The Kier molecular flexibility index (Phi) is 4.70. The Labute approximate surface area is 146 Å². The number of fused-ring (bicyclic) bond motifs is 1. The van der Waals surface area contributed by atoms with E-state index in [-0.39, 0.29) is 17.2 Å². The zero-order chi connectivity index (χ0) is 18.0. The summed E-state index contributed by atoms with van der Waals surface area (Å²) in [7, 11) is 1.62. The number of ether oxygens (including phenoxy) is 1. The van der Waals surface area contributed by atoms with Gasteiger partial charge in [0.05, 0.1) is 18.4 Å². The monoisotopic (exact) mass is 340 g/mol. The molecule has 1 aliphatic heterocycles. The minimum atomic E-state index is -1.05. The molecule has 3 rings (SSSR count). The summed E-state index contributed by atoms with van der Waals surface area (Å²) < 4.78 is 5.28. The Morgan fingerprint density at radius 3 is 2.68 bits per heavy atom. The van der Waals surface area contributed by atoms with E-state index in [1.54, 1.807) is 18.9 Å². The van der Waals surface area contributed by atoms with Crippen LogP contribution in [-0.2, 0) is 6.42 Å². The summed E-state index contributed by atoms with van der Waals surface area (Å²) in [6.07, 6.45) is 2.78. The van der Waals surface area contributed by atoms with E-state index in [0.717, 1.165) is 36.3 Å². The van der Waals surface area contributed by atoms with E-state index < -0.39 is 5.97 Å². The maximum absolute atomic E-state index is 13.0. The Bertz CT molecular complexity index is 832. The van der Waals surface area contributed by atoms with Crippen LogP contribution in [0.2, 0.25) is 0 Å². The average molecular weight is 340 g/mol. The maximum atomic E-state index is 13.0. The lowest BCUT2D eigenvalue weighted by atomic mass is 10.1. The van der Waals surface area contributed by atoms with E-state index in [1.807, 2.05) is 18.2 Å². The van der Waals surface area contributed by atoms with Gasteiger partial charge in [-0.3, -0.25) is 4.79 Å². The van der Waals surface area contributed by atoms with Crippen LogP contribution in [0.1, 0.15) is 44.9 Å². The molecule has 0 atom stereocenters. The summed E-state index contributed by atoms with van der Waals surface area (Å²) in [5.41, 5.74) is 2.64. The molecule has 0 saturated heterocycles. The average Bonchev–Trinajstić information content (AvgIpc) is 2.82. The van der Waals surface area contributed by atoms with Crippen LogP contribution in [-0.4, -0.2) is 35.6 Å². The van der Waals surface area contributed by atoms with Gasteiger partial charge in [-0.15, -0.1) is 0 Å². The fourth-order valence-electron chi connectivity index (χ4n) is 3.11. The third-order valence-corrected chi connectivity index (χ3v) is 4.44. The highest BCUT2D eigenvalue weighted by Crippen LogP contribution is 2.30. The number of aromatic carboxylic acids is 1. The van der Waals surface area contributed by atoms with Crippen LogP contribution in [0, 0.1) is 6.92 Å². The molecule has 0 radical (unpaired) electrons. The highest BCUT2D eigenvalue weighted by molar-refractivity contribution is 6.05. The van der Waals surface area contributed by atoms with Crippen molar-refractivity contribution in [2.45, 2.75) is 26.2 Å². The summed E-state index contributed by atoms with van der Waals surface area (Å²) in [5, 5.41) is 9.11. The number of hydrogen-bond donors (Lipinski definition) is 1. The quantitative estimate of drug-likeness (QED) is 0.929. The van der Waals surface area contributed by atoms with E-state index in [1.165, 1.54) is 12.1 Å². The number of anilines is 1. The molecule has 1 aromatic carbocycles. The van der Waals surface area contributed by atoms with Gasteiger partial charge in [0.25, 0.3) is 5.91 Å². The molecule has 1 aromatic heterocycles. The first kappa shape index (κ1) is 17.0. The van der Waals surface area contributed by atoms with Gasteiger partial charge in [-0.05, 0) is 62.1 Å². The maximum Gasteiger partial charge on any atom is 0.337 e. The summed E-state index contributed by atoms with van der Waals surface area (Å²) in [5.74, 6) is -0.489. The molecule has 6 heteroatoms. The van der Waals surface area contributed by atoms with Crippen LogP contribution < -0.4 is 9.64 Å². The van der Waals surface area contributed by atoms with Crippen LogP contribution in [0.4, 0.5) is 5.69 Å². The molecule has 2 heterocycles. The fourth-order valence-corrected chi connectivity index (χ4v) is 3.11. The van der Waals surface area contributed by atoms with Crippen molar-refractivity contribution in [2.24, 2.45) is 0 Å². The molecule has 1 N–H and O–H groups in total. The van der Waals surface area contributed by atoms with Gasteiger partial charge in [-0.1, -0.05) is 0 Å². The van der Waals surface area contributed by atoms with Crippen molar-refractivity contribution in [3.8, 4) is 5.75 Å². The second kappa shape index (κ2) is 6.93. The summed E-state index contributed by atoms with van der Waals surface area (Å²) in [6, 6.07) is 8.62. The van der Waals surface area contributed by atoms with Crippen LogP contribution >= 0.6 is 0 Å². The molecule has 0 fully saturated rings. The lowest BCUT2D eigenvalue weighted by Gasteiger charge is -2.23. The largest absolute Gasteiger partial charge is 0.497 e. The minimum Gasteiger partial charge on any atom is -0.497 e. The molecule has 1 aliphatic rings. The van der Waals surface area contributed by atoms with Crippen molar-refractivity contribution in [1.82, 2.24) is 4.98 Å². The number of amides is 1. The molecular formula is C19H20N2O4. The number of carbonyl (C=O) groups is 2. The van der Waals surface area contributed by atoms with Gasteiger partial charge < -0.3 is 14.7 Å². The third-order valence-electron chi connectivity index (χ3n) is 4.44. The third kappa shape index (κ3) is 3.33. The zero-order valence-corrected chi connectivity index (χ0v) is 14.3. The highest BCUT2D eigenvalue weighted by atomic mass is 16.5. The Morgan fingerprint density at radius 1 is 1.20 bits per heavy atom. The van der Waals surface area contributed by atoms with E-state index in [9.17, 15) is 9.59 Å². The van der Waals surface area contributed by atoms with Crippen molar-refractivity contribution in [3.05, 3.63) is 52.8 Å². The fraction of sp³-hybridized carbons (Fsp3) is 0.316. The number of rotatable bonds is 3. The Balaban J connectivity index is 1.97. The van der Waals surface area contributed by atoms with Crippen molar-refractivity contribution in [1.29, 1.82) is 0 Å².